The average Bonchev–Trinajstić information content (AvgIpc) is 3.09. The molecule has 2 aromatic rings. The standard InChI is InChI=1S/C16H15F2NO4/c17-16(18)23-12-5-2-1-4-11(12)15(20)19-7-9-22-14(10-19)13-6-3-8-21-13/h1-6,8,14,16H,7,9-10H2/t14-/m0/s1. The van der Waals surface area contributed by atoms with Crippen LogP contribution in [0.2, 0.25) is 0 Å². The number of alkyl halides is 2. The van der Waals surface area contributed by atoms with Crippen LogP contribution in [0.25, 0.3) is 0 Å². The summed E-state index contributed by atoms with van der Waals surface area (Å²) in [5.41, 5.74) is 0.105. The molecule has 0 radical (unpaired) electrons. The molecule has 23 heavy (non-hydrogen) atoms. The van der Waals surface area contributed by atoms with Crippen molar-refractivity contribution in [3.8, 4) is 5.75 Å². The fraction of sp³-hybridized carbons (Fsp3) is 0.312. The summed E-state index contributed by atoms with van der Waals surface area (Å²) in [4.78, 5) is 14.2. The summed E-state index contributed by atoms with van der Waals surface area (Å²) in [6.45, 7) is -1.98. The molecule has 3 rings (SSSR count). The molecule has 1 saturated heterocycles. The Morgan fingerprint density at radius 2 is 2.09 bits per heavy atom. The predicted octanol–water partition coefficient (Wildman–Crippen LogP) is 3.09. The highest BCUT2D eigenvalue weighted by Gasteiger charge is 2.29. The largest absolute Gasteiger partial charge is 0.467 e. The molecular weight excluding hydrogens is 308 g/mol. The molecule has 0 unspecified atom stereocenters. The van der Waals surface area contributed by atoms with Crippen LogP contribution in [0, 0.1) is 0 Å². The van der Waals surface area contributed by atoms with Crippen LogP contribution < -0.4 is 4.74 Å². The minimum atomic E-state index is -2.98. The van der Waals surface area contributed by atoms with E-state index >= 15 is 0 Å². The van der Waals surface area contributed by atoms with E-state index in [-0.39, 0.29) is 29.9 Å². The monoisotopic (exact) mass is 323 g/mol. The van der Waals surface area contributed by atoms with Gasteiger partial charge in [-0.1, -0.05) is 12.1 Å². The van der Waals surface area contributed by atoms with Gasteiger partial charge in [-0.15, -0.1) is 0 Å². The van der Waals surface area contributed by atoms with Crippen molar-refractivity contribution in [1.82, 2.24) is 4.90 Å². The van der Waals surface area contributed by atoms with Gasteiger partial charge < -0.3 is 18.8 Å². The lowest BCUT2D eigenvalue weighted by atomic mass is 10.1. The van der Waals surface area contributed by atoms with Crippen molar-refractivity contribution in [3.05, 3.63) is 54.0 Å². The average molecular weight is 323 g/mol. The summed E-state index contributed by atoms with van der Waals surface area (Å²) in [6.07, 6.45) is 1.16. The zero-order valence-corrected chi connectivity index (χ0v) is 12.2. The lowest BCUT2D eigenvalue weighted by molar-refractivity contribution is -0.0510. The molecular formula is C16H15F2NO4. The van der Waals surface area contributed by atoms with Crippen LogP contribution in [-0.2, 0) is 4.74 Å². The molecule has 0 saturated carbocycles. The highest BCUT2D eigenvalue weighted by Crippen LogP contribution is 2.26. The van der Waals surface area contributed by atoms with Gasteiger partial charge in [-0.05, 0) is 24.3 Å². The summed E-state index contributed by atoms with van der Waals surface area (Å²) in [6, 6.07) is 9.48. The Morgan fingerprint density at radius 3 is 2.83 bits per heavy atom. The number of hydrogen-bond acceptors (Lipinski definition) is 4. The Balaban J connectivity index is 1.77. The lowest BCUT2D eigenvalue weighted by Gasteiger charge is -2.32. The second kappa shape index (κ2) is 6.78. The van der Waals surface area contributed by atoms with Crippen LogP contribution in [0.15, 0.2) is 47.1 Å². The Morgan fingerprint density at radius 1 is 1.26 bits per heavy atom. The van der Waals surface area contributed by atoms with E-state index in [4.69, 9.17) is 9.15 Å². The Labute approximate surface area is 131 Å². The van der Waals surface area contributed by atoms with E-state index in [2.05, 4.69) is 4.74 Å². The minimum Gasteiger partial charge on any atom is -0.467 e. The lowest BCUT2D eigenvalue weighted by Crippen LogP contribution is -2.42. The maximum atomic E-state index is 12.6. The van der Waals surface area contributed by atoms with Crippen LogP contribution in [0.3, 0.4) is 0 Å². The van der Waals surface area contributed by atoms with Gasteiger partial charge in [-0.3, -0.25) is 4.79 Å². The third-order valence-corrected chi connectivity index (χ3v) is 3.55. The SMILES string of the molecule is O=C(c1ccccc1OC(F)F)N1CCO[C@H](c2ccco2)C1. The van der Waals surface area contributed by atoms with Crippen molar-refractivity contribution in [1.29, 1.82) is 0 Å². The predicted molar refractivity (Wildman–Crippen MR) is 76.4 cm³/mol. The topological polar surface area (TPSA) is 51.9 Å². The van der Waals surface area contributed by atoms with Gasteiger partial charge in [0.05, 0.1) is 25.0 Å². The van der Waals surface area contributed by atoms with E-state index in [1.807, 2.05) is 0 Å². The first-order valence-corrected chi connectivity index (χ1v) is 7.13. The Bertz CT molecular complexity index is 660. The number of amides is 1. The molecule has 0 aliphatic carbocycles. The maximum absolute atomic E-state index is 12.6. The molecule has 0 bridgehead atoms. The first kappa shape index (κ1) is 15.5. The van der Waals surface area contributed by atoms with Gasteiger partial charge in [0, 0.05) is 6.54 Å². The molecule has 1 amide bonds. The molecule has 1 atom stereocenters. The van der Waals surface area contributed by atoms with Gasteiger partial charge in [0.1, 0.15) is 17.6 Å². The van der Waals surface area contributed by atoms with Gasteiger partial charge in [0.25, 0.3) is 5.91 Å². The van der Waals surface area contributed by atoms with Crippen molar-refractivity contribution in [3.63, 3.8) is 0 Å². The number of rotatable bonds is 4. The van der Waals surface area contributed by atoms with Crippen molar-refractivity contribution in [2.75, 3.05) is 19.7 Å². The fourth-order valence-electron chi connectivity index (χ4n) is 2.49. The van der Waals surface area contributed by atoms with Gasteiger partial charge in [-0.2, -0.15) is 8.78 Å². The van der Waals surface area contributed by atoms with Crippen LogP contribution >= 0.6 is 0 Å². The number of nitrogens with zero attached hydrogens (tertiary/aromatic N) is 1. The number of furan rings is 1. The minimum absolute atomic E-state index is 0.105. The normalized spacial score (nSPS) is 18.2. The van der Waals surface area contributed by atoms with Crippen molar-refractivity contribution in [2.24, 2.45) is 0 Å². The van der Waals surface area contributed by atoms with Crippen molar-refractivity contribution < 1.29 is 27.5 Å². The quantitative estimate of drug-likeness (QED) is 0.867. The van der Waals surface area contributed by atoms with Crippen LogP contribution in [0.1, 0.15) is 22.2 Å². The summed E-state index contributed by atoms with van der Waals surface area (Å²) in [7, 11) is 0. The first-order chi connectivity index (χ1) is 11.1. The summed E-state index contributed by atoms with van der Waals surface area (Å²) >= 11 is 0. The third-order valence-electron chi connectivity index (χ3n) is 3.55. The number of carbonyl (C=O) groups is 1. The highest BCUT2D eigenvalue weighted by atomic mass is 19.3. The molecule has 1 aliphatic rings. The van der Waals surface area contributed by atoms with E-state index in [0.717, 1.165) is 0 Å². The van der Waals surface area contributed by atoms with Crippen LogP contribution in [-0.4, -0.2) is 37.1 Å². The van der Waals surface area contributed by atoms with E-state index in [1.54, 1.807) is 29.2 Å². The van der Waals surface area contributed by atoms with Gasteiger partial charge in [0.15, 0.2) is 0 Å². The van der Waals surface area contributed by atoms with Gasteiger partial charge >= 0.3 is 6.61 Å². The van der Waals surface area contributed by atoms with Crippen LogP contribution in [0.5, 0.6) is 5.75 Å². The van der Waals surface area contributed by atoms with Crippen molar-refractivity contribution >= 4 is 5.91 Å². The number of carbonyl (C=O) groups excluding carboxylic acids is 1. The second-order valence-corrected chi connectivity index (χ2v) is 5.00. The smallest absolute Gasteiger partial charge is 0.387 e. The number of morpholine rings is 1. The third kappa shape index (κ3) is 3.50. The summed E-state index contributed by atoms with van der Waals surface area (Å²) < 4.78 is 40.3. The first-order valence-electron chi connectivity index (χ1n) is 7.13. The maximum Gasteiger partial charge on any atom is 0.387 e. The second-order valence-electron chi connectivity index (χ2n) is 5.00. The molecule has 7 heteroatoms. The van der Waals surface area contributed by atoms with Gasteiger partial charge in [0.2, 0.25) is 0 Å². The highest BCUT2D eigenvalue weighted by molar-refractivity contribution is 5.97. The Kier molecular flexibility index (Phi) is 4.57. The number of para-hydroxylation sites is 1. The molecule has 122 valence electrons. The molecule has 0 spiro atoms. The van der Waals surface area contributed by atoms with E-state index in [0.29, 0.717) is 18.9 Å². The fourth-order valence-corrected chi connectivity index (χ4v) is 2.49. The zero-order chi connectivity index (χ0) is 16.2. The number of benzene rings is 1. The molecule has 1 aliphatic heterocycles. The molecule has 2 heterocycles. The van der Waals surface area contributed by atoms with Crippen LogP contribution in [0.4, 0.5) is 8.78 Å². The molecule has 1 aromatic heterocycles. The molecule has 1 fully saturated rings. The molecule has 1 aromatic carbocycles. The van der Waals surface area contributed by atoms with Crippen molar-refractivity contribution in [2.45, 2.75) is 12.7 Å². The number of hydrogen-bond donors (Lipinski definition) is 0. The Hall–Kier alpha value is -2.41. The van der Waals surface area contributed by atoms with E-state index in [9.17, 15) is 13.6 Å². The number of ether oxygens (including phenoxy) is 2. The molecule has 5 nitrogen and oxygen atoms in total. The number of halogens is 2. The van der Waals surface area contributed by atoms with Gasteiger partial charge in [-0.25, -0.2) is 0 Å². The molecule has 0 N–H and O–H groups in total. The summed E-state index contributed by atoms with van der Waals surface area (Å²) in [5, 5.41) is 0. The zero-order valence-electron chi connectivity index (χ0n) is 12.2. The van der Waals surface area contributed by atoms with E-state index < -0.39 is 6.61 Å². The van der Waals surface area contributed by atoms with E-state index in [1.165, 1.54) is 18.4 Å². The summed E-state index contributed by atoms with van der Waals surface area (Å²) in [5.74, 6) is 0.120.